The summed E-state index contributed by atoms with van der Waals surface area (Å²) in [6, 6.07) is 10.9. The summed E-state index contributed by atoms with van der Waals surface area (Å²) in [4.78, 5) is 3.06. The Morgan fingerprint density at radius 1 is 1.38 bits per heavy atom. The summed E-state index contributed by atoms with van der Waals surface area (Å²) in [6.45, 7) is 4.87. The summed E-state index contributed by atoms with van der Waals surface area (Å²) in [5, 5.41) is 0. The Bertz CT molecular complexity index is 447. The van der Waals surface area contributed by atoms with E-state index in [1.807, 2.05) is 18.2 Å². The highest BCUT2D eigenvalue weighted by atomic mass is 32.1. The maximum atomic E-state index is 6.01. The molecule has 21 heavy (non-hydrogen) atoms. The first-order chi connectivity index (χ1) is 10.1. The zero-order chi connectivity index (χ0) is 15.2. The van der Waals surface area contributed by atoms with Crippen LogP contribution >= 0.6 is 12.2 Å². The van der Waals surface area contributed by atoms with Crippen LogP contribution in [0.1, 0.15) is 31.2 Å². The van der Waals surface area contributed by atoms with Crippen LogP contribution in [0.15, 0.2) is 30.3 Å². The zero-order valence-electron chi connectivity index (χ0n) is 13.0. The number of nitrogens with zero attached hydrogens (tertiary/aromatic N) is 1. The van der Waals surface area contributed by atoms with Gasteiger partial charge in [-0.3, -0.25) is 4.90 Å². The Kier molecular flexibility index (Phi) is 6.15. The third-order valence-electron chi connectivity index (χ3n) is 4.43. The Morgan fingerprint density at radius 3 is 2.57 bits per heavy atom. The van der Waals surface area contributed by atoms with Crippen LogP contribution in [0.4, 0.5) is 0 Å². The van der Waals surface area contributed by atoms with E-state index >= 15 is 0 Å². The van der Waals surface area contributed by atoms with Crippen molar-refractivity contribution in [3.05, 3.63) is 35.9 Å². The van der Waals surface area contributed by atoms with Crippen molar-refractivity contribution in [2.75, 3.05) is 26.8 Å². The molecule has 2 N–H and O–H groups in total. The second-order valence-electron chi connectivity index (χ2n) is 5.93. The molecule has 0 amide bonds. The van der Waals surface area contributed by atoms with Gasteiger partial charge in [0, 0.05) is 32.2 Å². The van der Waals surface area contributed by atoms with E-state index in [-0.39, 0.29) is 5.92 Å². The average Bonchev–Trinajstić information content (AvgIpc) is 3.32. The number of benzene rings is 1. The van der Waals surface area contributed by atoms with Gasteiger partial charge in [0.05, 0.1) is 11.6 Å². The summed E-state index contributed by atoms with van der Waals surface area (Å²) in [6.07, 6.45) is 2.68. The van der Waals surface area contributed by atoms with E-state index in [1.54, 1.807) is 7.11 Å². The monoisotopic (exact) mass is 306 g/mol. The fraction of sp³-hybridized carbons (Fsp3) is 0.588. The number of hydrogen-bond donors (Lipinski definition) is 1. The fourth-order valence-corrected chi connectivity index (χ4v) is 3.04. The van der Waals surface area contributed by atoms with E-state index in [1.165, 1.54) is 18.4 Å². The molecule has 0 aromatic heterocycles. The Morgan fingerprint density at radius 2 is 2.05 bits per heavy atom. The zero-order valence-corrected chi connectivity index (χ0v) is 13.8. The minimum Gasteiger partial charge on any atom is -0.393 e. The molecule has 2 rings (SSSR count). The fourth-order valence-electron chi connectivity index (χ4n) is 2.83. The second-order valence-corrected chi connectivity index (χ2v) is 6.40. The molecule has 1 aliphatic carbocycles. The molecule has 1 saturated carbocycles. The Labute approximate surface area is 133 Å². The van der Waals surface area contributed by atoms with Crippen molar-refractivity contribution >= 4 is 17.2 Å². The van der Waals surface area contributed by atoms with E-state index < -0.39 is 0 Å². The van der Waals surface area contributed by atoms with Gasteiger partial charge in [-0.05, 0) is 31.2 Å². The number of rotatable bonds is 9. The van der Waals surface area contributed by atoms with E-state index in [0.29, 0.717) is 11.0 Å². The first kappa shape index (κ1) is 16.4. The summed E-state index contributed by atoms with van der Waals surface area (Å²) >= 11 is 5.32. The van der Waals surface area contributed by atoms with E-state index in [9.17, 15) is 0 Å². The SMILES string of the molecule is COCCN(CC(C(N)=S)c1ccccc1)C(C)C1CC1. The molecular weight excluding hydrogens is 280 g/mol. The molecule has 1 aromatic carbocycles. The van der Waals surface area contributed by atoms with E-state index in [2.05, 4.69) is 24.0 Å². The van der Waals surface area contributed by atoms with Gasteiger partial charge in [-0.2, -0.15) is 0 Å². The molecule has 0 radical (unpaired) electrons. The van der Waals surface area contributed by atoms with Gasteiger partial charge in [0.1, 0.15) is 0 Å². The van der Waals surface area contributed by atoms with Gasteiger partial charge in [-0.15, -0.1) is 0 Å². The van der Waals surface area contributed by atoms with Gasteiger partial charge in [0.25, 0.3) is 0 Å². The van der Waals surface area contributed by atoms with Crippen molar-refractivity contribution in [3.63, 3.8) is 0 Å². The Hall–Kier alpha value is -0.970. The highest BCUT2D eigenvalue weighted by Crippen LogP contribution is 2.35. The minimum absolute atomic E-state index is 0.110. The summed E-state index contributed by atoms with van der Waals surface area (Å²) in [5.74, 6) is 0.934. The molecule has 3 nitrogen and oxygen atoms in total. The minimum atomic E-state index is 0.110. The number of nitrogens with two attached hydrogens (primary N) is 1. The number of ether oxygens (including phenoxy) is 1. The number of thiocarbonyl (C=S) groups is 1. The molecule has 0 heterocycles. The predicted octanol–water partition coefficient (Wildman–Crippen LogP) is 2.80. The van der Waals surface area contributed by atoms with Gasteiger partial charge >= 0.3 is 0 Å². The van der Waals surface area contributed by atoms with Crippen LogP contribution in [-0.4, -0.2) is 42.7 Å². The summed E-state index contributed by atoms with van der Waals surface area (Å²) in [7, 11) is 1.75. The van der Waals surface area contributed by atoms with Crippen LogP contribution in [0.2, 0.25) is 0 Å². The highest BCUT2D eigenvalue weighted by Gasteiger charge is 2.33. The quantitative estimate of drug-likeness (QED) is 0.712. The normalized spacial score (nSPS) is 17.7. The molecule has 2 unspecified atom stereocenters. The first-order valence-corrected chi connectivity index (χ1v) is 8.11. The predicted molar refractivity (Wildman–Crippen MR) is 91.6 cm³/mol. The first-order valence-electron chi connectivity index (χ1n) is 7.70. The van der Waals surface area contributed by atoms with Crippen molar-refractivity contribution < 1.29 is 4.74 Å². The van der Waals surface area contributed by atoms with Crippen LogP contribution in [0, 0.1) is 5.92 Å². The van der Waals surface area contributed by atoms with Crippen molar-refractivity contribution in [2.45, 2.75) is 31.7 Å². The topological polar surface area (TPSA) is 38.5 Å². The third-order valence-corrected chi connectivity index (χ3v) is 4.71. The van der Waals surface area contributed by atoms with Gasteiger partial charge < -0.3 is 10.5 Å². The van der Waals surface area contributed by atoms with Crippen LogP contribution in [0.5, 0.6) is 0 Å². The average molecular weight is 306 g/mol. The van der Waals surface area contributed by atoms with Gasteiger partial charge in [-0.1, -0.05) is 42.5 Å². The largest absolute Gasteiger partial charge is 0.393 e. The van der Waals surface area contributed by atoms with Crippen LogP contribution in [0.25, 0.3) is 0 Å². The van der Waals surface area contributed by atoms with Gasteiger partial charge in [-0.25, -0.2) is 0 Å². The lowest BCUT2D eigenvalue weighted by Crippen LogP contribution is -2.42. The van der Waals surface area contributed by atoms with Crippen LogP contribution < -0.4 is 5.73 Å². The molecule has 0 saturated heterocycles. The van der Waals surface area contributed by atoms with Crippen LogP contribution in [0.3, 0.4) is 0 Å². The molecule has 1 aromatic rings. The van der Waals surface area contributed by atoms with Crippen molar-refractivity contribution in [3.8, 4) is 0 Å². The highest BCUT2D eigenvalue weighted by molar-refractivity contribution is 7.80. The van der Waals surface area contributed by atoms with Crippen molar-refractivity contribution in [1.29, 1.82) is 0 Å². The molecule has 2 atom stereocenters. The standard InChI is InChI=1S/C17H26N2OS/c1-13(14-8-9-14)19(10-11-20-2)12-16(17(18)21)15-6-4-3-5-7-15/h3-7,13-14,16H,8-12H2,1-2H3,(H2,18,21). The number of hydrogen-bond acceptors (Lipinski definition) is 3. The lowest BCUT2D eigenvalue weighted by Gasteiger charge is -2.32. The lowest BCUT2D eigenvalue weighted by atomic mass is 9.97. The third kappa shape index (κ3) is 4.77. The maximum absolute atomic E-state index is 6.01. The molecule has 0 spiro atoms. The maximum Gasteiger partial charge on any atom is 0.0816 e. The van der Waals surface area contributed by atoms with Gasteiger partial charge in [0.15, 0.2) is 0 Å². The molecule has 0 aliphatic heterocycles. The molecule has 1 fully saturated rings. The van der Waals surface area contributed by atoms with Crippen molar-refractivity contribution in [1.82, 2.24) is 4.90 Å². The molecule has 0 bridgehead atoms. The van der Waals surface area contributed by atoms with E-state index in [4.69, 9.17) is 22.7 Å². The van der Waals surface area contributed by atoms with Crippen LogP contribution in [-0.2, 0) is 4.74 Å². The molecular formula is C17H26N2OS. The Balaban J connectivity index is 2.09. The summed E-state index contributed by atoms with van der Waals surface area (Å²) < 4.78 is 5.26. The summed E-state index contributed by atoms with van der Waals surface area (Å²) in [5.41, 5.74) is 7.22. The second kappa shape index (κ2) is 7.87. The number of methoxy groups -OCH3 is 1. The lowest BCUT2D eigenvalue weighted by molar-refractivity contribution is 0.116. The molecule has 4 heteroatoms. The van der Waals surface area contributed by atoms with E-state index in [0.717, 1.165) is 25.6 Å². The molecule has 1 aliphatic rings. The smallest absolute Gasteiger partial charge is 0.0816 e. The van der Waals surface area contributed by atoms with Gasteiger partial charge in [0.2, 0.25) is 0 Å². The molecule has 116 valence electrons. The van der Waals surface area contributed by atoms with Crippen molar-refractivity contribution in [2.24, 2.45) is 11.7 Å².